The Morgan fingerprint density at radius 2 is 1.89 bits per heavy atom. The molecule has 2 atom stereocenters. The number of aliphatic hydroxyl groups is 1. The minimum Gasteiger partial charge on any atom is -0.479 e. The van der Waals surface area contributed by atoms with E-state index in [-0.39, 0.29) is 18.4 Å². The minimum absolute atomic E-state index is 0.274. The second-order valence-electron chi connectivity index (χ2n) is 3.97. The van der Waals surface area contributed by atoms with Gasteiger partial charge in [0.2, 0.25) is 5.91 Å². The van der Waals surface area contributed by atoms with Gasteiger partial charge in [0.1, 0.15) is 0 Å². The highest BCUT2D eigenvalue weighted by Gasteiger charge is 2.20. The molecule has 0 spiro atoms. The first-order valence-corrected chi connectivity index (χ1v) is 5.79. The number of hydrogen-bond donors (Lipinski definition) is 3. The van der Waals surface area contributed by atoms with Gasteiger partial charge in [-0.15, -0.1) is 0 Å². The summed E-state index contributed by atoms with van der Waals surface area (Å²) in [6, 6.07) is 9.25. The van der Waals surface area contributed by atoms with E-state index in [4.69, 9.17) is 10.2 Å². The number of aliphatic hydroxyl groups excluding tert-OH is 1. The molecule has 0 fully saturated rings. The highest BCUT2D eigenvalue weighted by Crippen LogP contribution is 2.18. The molecular weight excluding hydrogens is 234 g/mol. The molecule has 5 nitrogen and oxygen atoms in total. The largest absolute Gasteiger partial charge is 0.479 e. The Labute approximate surface area is 105 Å². The molecule has 0 aliphatic heterocycles. The molecule has 0 bridgehead atoms. The molecule has 98 valence electrons. The summed E-state index contributed by atoms with van der Waals surface area (Å²) in [6.45, 7) is 1.60. The van der Waals surface area contributed by atoms with Gasteiger partial charge >= 0.3 is 5.97 Å². The predicted molar refractivity (Wildman–Crippen MR) is 66.1 cm³/mol. The Balaban J connectivity index is 2.61. The van der Waals surface area contributed by atoms with E-state index in [1.54, 1.807) is 0 Å². The van der Waals surface area contributed by atoms with Crippen LogP contribution < -0.4 is 5.32 Å². The molecule has 0 heterocycles. The first-order valence-electron chi connectivity index (χ1n) is 5.79. The molecule has 0 saturated carbocycles. The van der Waals surface area contributed by atoms with Crippen LogP contribution in [0.5, 0.6) is 0 Å². The van der Waals surface area contributed by atoms with Crippen molar-refractivity contribution in [2.24, 2.45) is 0 Å². The number of aliphatic carboxylic acids is 1. The molecule has 0 aromatic heterocycles. The van der Waals surface area contributed by atoms with Crippen molar-refractivity contribution in [1.29, 1.82) is 0 Å². The minimum atomic E-state index is -1.57. The van der Waals surface area contributed by atoms with Crippen LogP contribution >= 0.6 is 0 Å². The first-order chi connectivity index (χ1) is 8.56. The average Bonchev–Trinajstić information content (AvgIpc) is 2.38. The molecule has 0 radical (unpaired) electrons. The van der Waals surface area contributed by atoms with Crippen LogP contribution in [0.3, 0.4) is 0 Å². The Kier molecular flexibility index (Phi) is 5.32. The van der Waals surface area contributed by atoms with E-state index in [2.05, 4.69) is 5.32 Å². The first kappa shape index (κ1) is 14.2. The van der Waals surface area contributed by atoms with E-state index in [9.17, 15) is 9.59 Å². The maximum atomic E-state index is 11.9. The number of amides is 1. The summed E-state index contributed by atoms with van der Waals surface area (Å²) in [5.74, 6) is -1.95. The van der Waals surface area contributed by atoms with E-state index >= 15 is 0 Å². The van der Waals surface area contributed by atoms with Gasteiger partial charge < -0.3 is 15.5 Å². The molecule has 0 aliphatic carbocycles. The van der Waals surface area contributed by atoms with E-state index in [1.165, 1.54) is 0 Å². The monoisotopic (exact) mass is 251 g/mol. The number of benzene rings is 1. The van der Waals surface area contributed by atoms with Crippen molar-refractivity contribution < 1.29 is 19.8 Å². The van der Waals surface area contributed by atoms with Crippen LogP contribution in [-0.4, -0.2) is 34.7 Å². The average molecular weight is 251 g/mol. The van der Waals surface area contributed by atoms with Gasteiger partial charge in [0.15, 0.2) is 6.10 Å². The molecular formula is C13H17NO4. The van der Waals surface area contributed by atoms with Crippen LogP contribution in [0.25, 0.3) is 0 Å². The van der Waals surface area contributed by atoms with Gasteiger partial charge in [-0.2, -0.15) is 0 Å². The molecule has 18 heavy (non-hydrogen) atoms. The quantitative estimate of drug-likeness (QED) is 0.696. The van der Waals surface area contributed by atoms with Crippen molar-refractivity contribution >= 4 is 11.9 Å². The summed E-state index contributed by atoms with van der Waals surface area (Å²) in [7, 11) is 0. The smallest absolute Gasteiger partial charge is 0.334 e. The second-order valence-corrected chi connectivity index (χ2v) is 3.97. The highest BCUT2D eigenvalue weighted by molar-refractivity contribution is 5.84. The maximum absolute atomic E-state index is 11.9. The molecule has 1 aromatic rings. The zero-order valence-corrected chi connectivity index (χ0v) is 10.2. The number of carboxylic acids is 1. The standard InChI is InChI=1S/C13H17NO4/c1-2-10(9-6-4-3-5-7-9)12(16)14-8-11(15)13(17)18/h3-7,10-11,15H,2,8H2,1H3,(H,14,16)(H,17,18). The normalized spacial score (nSPS) is 13.7. The fourth-order valence-electron chi connectivity index (χ4n) is 1.67. The lowest BCUT2D eigenvalue weighted by Crippen LogP contribution is -2.38. The van der Waals surface area contributed by atoms with Crippen LogP contribution in [0.1, 0.15) is 24.8 Å². The molecule has 1 rings (SSSR count). The third-order valence-electron chi connectivity index (χ3n) is 2.68. The Bertz CT molecular complexity index is 405. The lowest BCUT2D eigenvalue weighted by Gasteiger charge is -2.16. The van der Waals surface area contributed by atoms with Gasteiger partial charge in [0.25, 0.3) is 0 Å². The zero-order valence-electron chi connectivity index (χ0n) is 10.2. The Hall–Kier alpha value is -1.88. The van der Waals surface area contributed by atoms with Crippen LogP contribution in [-0.2, 0) is 9.59 Å². The summed E-state index contributed by atoms with van der Waals surface area (Å²) in [5, 5.41) is 20.0. The third-order valence-corrected chi connectivity index (χ3v) is 2.68. The van der Waals surface area contributed by atoms with Crippen LogP contribution in [0.15, 0.2) is 30.3 Å². The van der Waals surface area contributed by atoms with Crippen LogP contribution in [0.2, 0.25) is 0 Å². The number of carboxylic acid groups (broad SMARTS) is 1. The second kappa shape index (κ2) is 6.76. The summed E-state index contributed by atoms with van der Waals surface area (Å²) >= 11 is 0. The summed E-state index contributed by atoms with van der Waals surface area (Å²) in [4.78, 5) is 22.3. The Morgan fingerprint density at radius 1 is 1.28 bits per heavy atom. The van der Waals surface area contributed by atoms with E-state index < -0.39 is 12.1 Å². The van der Waals surface area contributed by atoms with Crippen molar-refractivity contribution in [1.82, 2.24) is 5.32 Å². The summed E-state index contributed by atoms with van der Waals surface area (Å²) in [6.07, 6.45) is -0.957. The molecule has 0 aliphatic rings. The van der Waals surface area contributed by atoms with Gasteiger partial charge in [-0.05, 0) is 12.0 Å². The third kappa shape index (κ3) is 3.85. The lowest BCUT2D eigenvalue weighted by molar-refractivity contribution is -0.146. The fourth-order valence-corrected chi connectivity index (χ4v) is 1.67. The van der Waals surface area contributed by atoms with Crippen molar-refractivity contribution in [2.45, 2.75) is 25.4 Å². The molecule has 1 amide bonds. The van der Waals surface area contributed by atoms with Crippen molar-refractivity contribution in [3.05, 3.63) is 35.9 Å². The molecule has 3 N–H and O–H groups in total. The van der Waals surface area contributed by atoms with E-state index in [0.29, 0.717) is 6.42 Å². The van der Waals surface area contributed by atoms with Gasteiger partial charge in [-0.1, -0.05) is 37.3 Å². The lowest BCUT2D eigenvalue weighted by atomic mass is 9.95. The van der Waals surface area contributed by atoms with Crippen LogP contribution in [0.4, 0.5) is 0 Å². The van der Waals surface area contributed by atoms with E-state index in [1.807, 2.05) is 37.3 Å². The molecule has 1 aromatic carbocycles. The van der Waals surface area contributed by atoms with E-state index in [0.717, 1.165) is 5.56 Å². The maximum Gasteiger partial charge on any atom is 0.334 e. The SMILES string of the molecule is CCC(C(=O)NCC(O)C(=O)O)c1ccccc1. The number of rotatable bonds is 6. The molecule has 0 saturated heterocycles. The predicted octanol–water partition coefficient (Wildman–Crippen LogP) is 0.742. The topological polar surface area (TPSA) is 86.6 Å². The Morgan fingerprint density at radius 3 is 2.39 bits per heavy atom. The van der Waals surface area contributed by atoms with Crippen molar-refractivity contribution in [3.8, 4) is 0 Å². The molecule has 5 heteroatoms. The van der Waals surface area contributed by atoms with Crippen molar-refractivity contribution in [3.63, 3.8) is 0 Å². The fraction of sp³-hybridized carbons (Fsp3) is 0.385. The number of carbonyl (C=O) groups is 2. The zero-order chi connectivity index (χ0) is 13.5. The number of hydrogen-bond acceptors (Lipinski definition) is 3. The van der Waals surface area contributed by atoms with Gasteiger partial charge in [0.05, 0.1) is 12.5 Å². The summed E-state index contributed by atoms with van der Waals surface area (Å²) < 4.78 is 0. The van der Waals surface area contributed by atoms with Crippen molar-refractivity contribution in [2.75, 3.05) is 6.54 Å². The van der Waals surface area contributed by atoms with Crippen LogP contribution in [0, 0.1) is 0 Å². The highest BCUT2D eigenvalue weighted by atomic mass is 16.4. The van der Waals surface area contributed by atoms with Gasteiger partial charge in [-0.25, -0.2) is 4.79 Å². The number of nitrogens with one attached hydrogen (secondary N) is 1. The van der Waals surface area contributed by atoms with Gasteiger partial charge in [0, 0.05) is 0 Å². The molecule has 2 unspecified atom stereocenters. The summed E-state index contributed by atoms with van der Waals surface area (Å²) in [5.41, 5.74) is 0.877. The van der Waals surface area contributed by atoms with Gasteiger partial charge in [-0.3, -0.25) is 4.79 Å². The number of carbonyl (C=O) groups excluding carboxylic acids is 1.